The fraction of sp³-hybridized carbons (Fsp3) is 0.0952. The van der Waals surface area contributed by atoms with Crippen LogP contribution in [-0.2, 0) is 10.0 Å². The molecular weight excluding hydrogens is 490 g/mol. The smallest absolute Gasteiger partial charge is 0.229 e. The van der Waals surface area contributed by atoms with Crippen molar-refractivity contribution in [2.75, 3.05) is 23.4 Å². The molecule has 4 aromatic rings. The Morgan fingerprint density at radius 3 is 2.47 bits per heavy atom. The van der Waals surface area contributed by atoms with Crippen LogP contribution in [0.5, 0.6) is 5.75 Å². The number of benzene rings is 3. The molecule has 30 heavy (non-hydrogen) atoms. The van der Waals surface area contributed by atoms with Crippen LogP contribution in [0.15, 0.2) is 65.1 Å². The first-order valence-corrected chi connectivity index (χ1v) is 11.4. The topological polar surface area (TPSA) is 80.3 Å². The van der Waals surface area contributed by atoms with Crippen molar-refractivity contribution in [1.29, 1.82) is 0 Å². The molecule has 1 aromatic heterocycles. The summed E-state index contributed by atoms with van der Waals surface area (Å²) in [5, 5.41) is 5.39. The van der Waals surface area contributed by atoms with Gasteiger partial charge in [-0.1, -0.05) is 30.3 Å². The third-order valence-electron chi connectivity index (χ3n) is 4.43. The molecule has 0 amide bonds. The highest BCUT2D eigenvalue weighted by Gasteiger charge is 2.14. The van der Waals surface area contributed by atoms with Crippen LogP contribution >= 0.6 is 28.3 Å². The quantitative estimate of drug-likeness (QED) is 0.338. The molecule has 0 spiro atoms. The van der Waals surface area contributed by atoms with E-state index >= 15 is 0 Å². The number of hydrogen-bond donors (Lipinski definition) is 2. The number of nitrogens with one attached hydrogen (secondary N) is 2. The van der Waals surface area contributed by atoms with Crippen LogP contribution in [0.3, 0.4) is 0 Å². The van der Waals surface area contributed by atoms with Crippen molar-refractivity contribution in [3.05, 3.63) is 65.1 Å². The maximum absolute atomic E-state index is 11.5. The van der Waals surface area contributed by atoms with Crippen molar-refractivity contribution in [3.63, 3.8) is 0 Å². The molecule has 0 fully saturated rings. The zero-order chi connectivity index (χ0) is 20.6. The van der Waals surface area contributed by atoms with Crippen LogP contribution in [0, 0.1) is 0 Å². The van der Waals surface area contributed by atoms with Gasteiger partial charge in [0.2, 0.25) is 10.0 Å². The molecule has 4 rings (SSSR count). The van der Waals surface area contributed by atoms with Crippen molar-refractivity contribution in [3.8, 4) is 5.75 Å². The molecule has 0 atom stereocenters. The third kappa shape index (κ3) is 4.45. The van der Waals surface area contributed by atoms with Gasteiger partial charge in [0, 0.05) is 21.3 Å². The van der Waals surface area contributed by atoms with Gasteiger partial charge in [-0.25, -0.2) is 13.4 Å². The van der Waals surface area contributed by atoms with Crippen molar-refractivity contribution in [1.82, 2.24) is 4.98 Å². The van der Waals surface area contributed by atoms with Gasteiger partial charge in [0.1, 0.15) is 5.75 Å². The molecule has 0 saturated heterocycles. The van der Waals surface area contributed by atoms with E-state index in [0.717, 1.165) is 38.2 Å². The molecule has 0 aliphatic rings. The summed E-state index contributed by atoms with van der Waals surface area (Å²) in [6, 6.07) is 18.9. The number of rotatable bonds is 5. The van der Waals surface area contributed by atoms with Gasteiger partial charge in [-0.05, 0) is 40.2 Å². The number of ether oxygens (including phenoxy) is 1. The van der Waals surface area contributed by atoms with E-state index in [0.29, 0.717) is 17.1 Å². The molecule has 0 saturated carbocycles. The number of anilines is 3. The number of aromatic nitrogens is 1. The Bertz CT molecular complexity index is 1350. The first-order chi connectivity index (χ1) is 13.9. The number of sulfonamides is 1. The summed E-state index contributed by atoms with van der Waals surface area (Å²) in [5.74, 6) is 0.516. The average Bonchev–Trinajstić information content (AvgIpc) is 2.68. The van der Waals surface area contributed by atoms with E-state index < -0.39 is 10.0 Å². The van der Waals surface area contributed by atoms with E-state index in [4.69, 9.17) is 9.72 Å². The van der Waals surface area contributed by atoms with Gasteiger partial charge in [-0.15, -0.1) is 12.4 Å². The summed E-state index contributed by atoms with van der Waals surface area (Å²) in [7, 11) is -1.83. The number of nitrogens with zero attached hydrogens (tertiary/aromatic N) is 1. The molecule has 0 aliphatic heterocycles. The highest BCUT2D eigenvalue weighted by atomic mass is 79.9. The molecule has 2 N–H and O–H groups in total. The van der Waals surface area contributed by atoms with E-state index in [9.17, 15) is 8.42 Å². The van der Waals surface area contributed by atoms with Crippen LogP contribution in [0.1, 0.15) is 0 Å². The monoisotopic (exact) mass is 507 g/mol. The summed E-state index contributed by atoms with van der Waals surface area (Å²) >= 11 is 3.59. The molecular formula is C21H19BrClN3O3S. The predicted octanol–water partition coefficient (Wildman–Crippen LogP) is 5.70. The van der Waals surface area contributed by atoms with Crippen molar-refractivity contribution < 1.29 is 13.2 Å². The van der Waals surface area contributed by atoms with Crippen LogP contribution in [0.25, 0.3) is 21.8 Å². The van der Waals surface area contributed by atoms with Gasteiger partial charge in [0.15, 0.2) is 0 Å². The molecule has 9 heteroatoms. The highest BCUT2D eigenvalue weighted by Crippen LogP contribution is 2.38. The predicted molar refractivity (Wildman–Crippen MR) is 129 cm³/mol. The van der Waals surface area contributed by atoms with Gasteiger partial charge < -0.3 is 10.1 Å². The van der Waals surface area contributed by atoms with Crippen LogP contribution < -0.4 is 14.8 Å². The maximum atomic E-state index is 11.5. The Morgan fingerprint density at radius 2 is 1.73 bits per heavy atom. The van der Waals surface area contributed by atoms with Crippen LogP contribution in [-0.4, -0.2) is 26.8 Å². The number of para-hydroxylation sites is 2. The largest absolute Gasteiger partial charge is 0.494 e. The lowest BCUT2D eigenvalue weighted by Crippen LogP contribution is -2.09. The van der Waals surface area contributed by atoms with Crippen molar-refractivity contribution in [2.45, 2.75) is 0 Å². The molecule has 0 bridgehead atoms. The minimum absolute atomic E-state index is 0. The fourth-order valence-electron chi connectivity index (χ4n) is 3.22. The van der Waals surface area contributed by atoms with Gasteiger partial charge in [0.05, 0.1) is 41.5 Å². The molecule has 0 unspecified atom stereocenters. The zero-order valence-electron chi connectivity index (χ0n) is 16.1. The number of hydrogen-bond acceptors (Lipinski definition) is 5. The summed E-state index contributed by atoms with van der Waals surface area (Å²) in [5.41, 5.74) is 3.76. The van der Waals surface area contributed by atoms with Crippen LogP contribution in [0.2, 0.25) is 0 Å². The Balaban J connectivity index is 0.00000256. The minimum Gasteiger partial charge on any atom is -0.494 e. The lowest BCUT2D eigenvalue weighted by atomic mass is 10.1. The van der Waals surface area contributed by atoms with E-state index in [1.807, 2.05) is 42.5 Å². The summed E-state index contributed by atoms with van der Waals surface area (Å²) in [6.07, 6.45) is 1.11. The summed E-state index contributed by atoms with van der Waals surface area (Å²) in [4.78, 5) is 4.78. The highest BCUT2D eigenvalue weighted by molar-refractivity contribution is 9.10. The van der Waals surface area contributed by atoms with Gasteiger partial charge in [-0.3, -0.25) is 4.72 Å². The van der Waals surface area contributed by atoms with Gasteiger partial charge >= 0.3 is 0 Å². The minimum atomic E-state index is -3.38. The average molecular weight is 509 g/mol. The van der Waals surface area contributed by atoms with E-state index in [1.165, 1.54) is 0 Å². The standard InChI is InChI=1S/C21H18BrN3O3S.ClH/c1-28-19-12-13(25-29(2,26)27)10-11-18(19)24-20-14-6-3-4-9-17(14)23-21-15(20)7-5-8-16(21)22;/h3-12,25H,1-2H3,(H,23,24);1H. The Labute approximate surface area is 189 Å². The lowest BCUT2D eigenvalue weighted by molar-refractivity contribution is 0.417. The molecule has 3 aromatic carbocycles. The molecule has 1 heterocycles. The summed E-state index contributed by atoms with van der Waals surface area (Å²) in [6.45, 7) is 0. The molecule has 156 valence electrons. The second-order valence-corrected chi connectivity index (χ2v) is 9.16. The first-order valence-electron chi connectivity index (χ1n) is 8.75. The second kappa shape index (κ2) is 8.67. The molecule has 6 nitrogen and oxygen atoms in total. The lowest BCUT2D eigenvalue weighted by Gasteiger charge is -2.17. The van der Waals surface area contributed by atoms with E-state index in [1.54, 1.807) is 25.3 Å². The number of halogens is 2. The van der Waals surface area contributed by atoms with Crippen molar-refractivity contribution in [2.24, 2.45) is 0 Å². The summed E-state index contributed by atoms with van der Waals surface area (Å²) < 4.78 is 31.9. The van der Waals surface area contributed by atoms with Gasteiger partial charge in [-0.2, -0.15) is 0 Å². The number of fused-ring (bicyclic) bond motifs is 2. The third-order valence-corrected chi connectivity index (χ3v) is 5.67. The van der Waals surface area contributed by atoms with E-state index in [-0.39, 0.29) is 12.4 Å². The fourth-order valence-corrected chi connectivity index (χ4v) is 4.23. The van der Waals surface area contributed by atoms with Gasteiger partial charge in [0.25, 0.3) is 0 Å². The first kappa shape index (κ1) is 22.1. The van der Waals surface area contributed by atoms with Crippen LogP contribution in [0.4, 0.5) is 17.1 Å². The number of pyridine rings is 1. The second-order valence-electron chi connectivity index (χ2n) is 6.55. The maximum Gasteiger partial charge on any atom is 0.229 e. The molecule has 0 aliphatic carbocycles. The Kier molecular flexibility index (Phi) is 6.40. The zero-order valence-corrected chi connectivity index (χ0v) is 19.4. The molecule has 0 radical (unpaired) electrons. The van der Waals surface area contributed by atoms with E-state index in [2.05, 4.69) is 26.0 Å². The normalized spacial score (nSPS) is 11.2. The number of methoxy groups -OCH3 is 1. The Hall–Kier alpha value is -2.55. The van der Waals surface area contributed by atoms with Crippen molar-refractivity contribution >= 4 is 77.2 Å². The Morgan fingerprint density at radius 1 is 1.00 bits per heavy atom. The SMILES string of the molecule is COc1cc(NS(C)(=O)=O)ccc1Nc1c2ccccc2nc2c(Br)cccc12.Cl.